The van der Waals surface area contributed by atoms with Crippen LogP contribution in [0.5, 0.6) is 11.5 Å². The minimum atomic E-state index is 0.0109. The van der Waals surface area contributed by atoms with Crippen molar-refractivity contribution < 1.29 is 14.3 Å². The number of amides is 1. The predicted octanol–water partition coefficient (Wildman–Crippen LogP) is 2.55. The van der Waals surface area contributed by atoms with Crippen molar-refractivity contribution in [2.24, 2.45) is 11.1 Å². The van der Waals surface area contributed by atoms with Crippen molar-refractivity contribution in [1.82, 2.24) is 0 Å². The van der Waals surface area contributed by atoms with E-state index >= 15 is 0 Å². The van der Waals surface area contributed by atoms with Gasteiger partial charge >= 0.3 is 0 Å². The maximum atomic E-state index is 12.0. The minimum Gasteiger partial charge on any atom is -0.486 e. The quantitative estimate of drug-likeness (QED) is 0.845. The Morgan fingerprint density at radius 3 is 2.67 bits per heavy atom. The summed E-state index contributed by atoms with van der Waals surface area (Å²) in [5.41, 5.74) is 6.42. The van der Waals surface area contributed by atoms with E-state index in [1.165, 1.54) is 0 Å². The van der Waals surface area contributed by atoms with Gasteiger partial charge in [-0.05, 0) is 36.9 Å². The van der Waals surface area contributed by atoms with Crippen molar-refractivity contribution in [1.29, 1.82) is 0 Å². The van der Waals surface area contributed by atoms with Gasteiger partial charge in [-0.25, -0.2) is 0 Å². The van der Waals surface area contributed by atoms with E-state index in [0.717, 1.165) is 24.3 Å². The summed E-state index contributed by atoms with van der Waals surface area (Å²) in [5.74, 6) is 1.42. The number of carbonyl (C=O) groups is 1. The first-order chi connectivity index (χ1) is 10.00. The van der Waals surface area contributed by atoms with Crippen molar-refractivity contribution >= 4 is 11.6 Å². The Balaban J connectivity index is 1.88. The van der Waals surface area contributed by atoms with Crippen LogP contribution in [0.25, 0.3) is 0 Å². The van der Waals surface area contributed by atoms with E-state index in [-0.39, 0.29) is 11.3 Å². The molecule has 0 bridgehead atoms. The molecule has 0 aromatic heterocycles. The van der Waals surface area contributed by atoms with Gasteiger partial charge in [0.05, 0.1) is 0 Å². The number of carbonyl (C=O) groups excluding carboxylic acids is 1. The lowest BCUT2D eigenvalue weighted by Crippen LogP contribution is -2.21. The molecule has 0 atom stereocenters. The highest BCUT2D eigenvalue weighted by Gasteiger charge is 2.19. The molecular formula is C16H24N2O3. The minimum absolute atomic E-state index is 0.0109. The van der Waals surface area contributed by atoms with Crippen molar-refractivity contribution in [2.45, 2.75) is 33.1 Å². The lowest BCUT2D eigenvalue weighted by Gasteiger charge is -2.23. The molecule has 0 fully saturated rings. The molecule has 1 amide bonds. The zero-order chi connectivity index (χ0) is 15.3. The molecule has 1 aromatic carbocycles. The van der Waals surface area contributed by atoms with Gasteiger partial charge in [0.15, 0.2) is 11.5 Å². The number of hydrogen-bond donors (Lipinski definition) is 2. The molecule has 0 saturated carbocycles. The summed E-state index contributed by atoms with van der Waals surface area (Å²) in [6, 6.07) is 5.45. The molecule has 0 unspecified atom stereocenters. The lowest BCUT2D eigenvalue weighted by molar-refractivity contribution is -0.116. The van der Waals surface area contributed by atoms with Crippen LogP contribution in [0.3, 0.4) is 0 Å². The van der Waals surface area contributed by atoms with Gasteiger partial charge in [-0.15, -0.1) is 0 Å². The van der Waals surface area contributed by atoms with Gasteiger partial charge in [0.1, 0.15) is 13.2 Å². The van der Waals surface area contributed by atoms with Crippen molar-refractivity contribution in [2.75, 3.05) is 25.1 Å². The largest absolute Gasteiger partial charge is 0.486 e. The van der Waals surface area contributed by atoms with E-state index in [9.17, 15) is 4.79 Å². The maximum absolute atomic E-state index is 12.0. The van der Waals surface area contributed by atoms with Gasteiger partial charge in [-0.1, -0.05) is 13.8 Å². The molecule has 5 nitrogen and oxygen atoms in total. The molecule has 21 heavy (non-hydrogen) atoms. The summed E-state index contributed by atoms with van der Waals surface area (Å²) in [4.78, 5) is 12.0. The van der Waals surface area contributed by atoms with Gasteiger partial charge in [0.2, 0.25) is 5.91 Å². The highest BCUT2D eigenvalue weighted by molar-refractivity contribution is 5.91. The third kappa shape index (κ3) is 4.63. The smallest absolute Gasteiger partial charge is 0.224 e. The first-order valence-electron chi connectivity index (χ1n) is 7.40. The van der Waals surface area contributed by atoms with Crippen LogP contribution in [-0.4, -0.2) is 25.7 Å². The highest BCUT2D eigenvalue weighted by atomic mass is 16.6. The number of ether oxygens (including phenoxy) is 2. The number of benzene rings is 1. The predicted molar refractivity (Wildman–Crippen MR) is 82.7 cm³/mol. The average Bonchev–Trinajstić information content (AvgIpc) is 2.45. The number of nitrogens with one attached hydrogen (secondary N) is 1. The Labute approximate surface area is 125 Å². The summed E-state index contributed by atoms with van der Waals surface area (Å²) >= 11 is 0. The number of fused-ring (bicyclic) bond motifs is 1. The van der Waals surface area contributed by atoms with E-state index in [1.807, 2.05) is 12.1 Å². The van der Waals surface area contributed by atoms with Gasteiger partial charge in [0, 0.05) is 18.2 Å². The number of rotatable bonds is 6. The van der Waals surface area contributed by atoms with Crippen LogP contribution in [0.1, 0.15) is 33.1 Å². The van der Waals surface area contributed by atoms with E-state index in [0.29, 0.717) is 31.9 Å². The molecule has 1 aliphatic rings. The van der Waals surface area contributed by atoms with Crippen LogP contribution < -0.4 is 20.5 Å². The number of anilines is 1. The number of nitrogens with two attached hydrogens (primary N) is 1. The molecule has 1 aromatic rings. The molecule has 5 heteroatoms. The van der Waals surface area contributed by atoms with Crippen molar-refractivity contribution in [3.05, 3.63) is 18.2 Å². The van der Waals surface area contributed by atoms with Crippen LogP contribution in [0.2, 0.25) is 0 Å². The fraction of sp³-hybridized carbons (Fsp3) is 0.562. The zero-order valence-corrected chi connectivity index (χ0v) is 12.8. The summed E-state index contributed by atoms with van der Waals surface area (Å²) in [5, 5.41) is 2.90. The Bertz CT molecular complexity index is 500. The molecule has 0 radical (unpaired) electrons. The Morgan fingerprint density at radius 2 is 1.95 bits per heavy atom. The van der Waals surface area contributed by atoms with Crippen LogP contribution in [0, 0.1) is 5.41 Å². The van der Waals surface area contributed by atoms with E-state index in [1.54, 1.807) is 6.07 Å². The zero-order valence-electron chi connectivity index (χ0n) is 12.8. The van der Waals surface area contributed by atoms with Crippen LogP contribution in [0.4, 0.5) is 5.69 Å². The van der Waals surface area contributed by atoms with Gasteiger partial charge in [0.25, 0.3) is 0 Å². The molecule has 1 aliphatic heterocycles. The highest BCUT2D eigenvalue weighted by Crippen LogP contribution is 2.33. The fourth-order valence-electron chi connectivity index (χ4n) is 2.31. The topological polar surface area (TPSA) is 73.6 Å². The second kappa shape index (κ2) is 6.80. The molecule has 3 N–H and O–H groups in total. The van der Waals surface area contributed by atoms with Crippen LogP contribution >= 0.6 is 0 Å². The Morgan fingerprint density at radius 1 is 1.24 bits per heavy atom. The van der Waals surface area contributed by atoms with Gasteiger partial charge in [-0.2, -0.15) is 0 Å². The average molecular weight is 292 g/mol. The molecule has 2 rings (SSSR count). The molecule has 116 valence electrons. The van der Waals surface area contributed by atoms with E-state index in [4.69, 9.17) is 15.2 Å². The standard InChI is InChI=1S/C16H24N2O3/c1-16(2,7-8-17)6-5-15(19)18-12-3-4-13-14(11-12)21-10-9-20-13/h3-4,11H,5-10,17H2,1-2H3,(H,18,19). The van der Waals surface area contributed by atoms with E-state index in [2.05, 4.69) is 19.2 Å². The molecule has 0 aliphatic carbocycles. The van der Waals surface area contributed by atoms with Gasteiger partial charge in [-0.3, -0.25) is 4.79 Å². The third-order valence-corrected chi connectivity index (χ3v) is 3.68. The third-order valence-electron chi connectivity index (χ3n) is 3.68. The molecule has 0 saturated heterocycles. The maximum Gasteiger partial charge on any atom is 0.224 e. The van der Waals surface area contributed by atoms with Crippen molar-refractivity contribution in [3.8, 4) is 11.5 Å². The van der Waals surface area contributed by atoms with Crippen LogP contribution in [0.15, 0.2) is 18.2 Å². The van der Waals surface area contributed by atoms with E-state index < -0.39 is 0 Å². The SMILES string of the molecule is CC(C)(CCN)CCC(=O)Nc1ccc2c(c1)OCCO2. The number of hydrogen-bond acceptors (Lipinski definition) is 4. The summed E-state index contributed by atoms with van der Waals surface area (Å²) < 4.78 is 11.0. The second-order valence-electron chi connectivity index (χ2n) is 6.11. The monoisotopic (exact) mass is 292 g/mol. The summed E-state index contributed by atoms with van der Waals surface area (Å²) in [7, 11) is 0. The van der Waals surface area contributed by atoms with Gasteiger partial charge < -0.3 is 20.5 Å². The lowest BCUT2D eigenvalue weighted by atomic mass is 9.84. The summed E-state index contributed by atoms with van der Waals surface area (Å²) in [6.07, 6.45) is 2.23. The first-order valence-corrected chi connectivity index (χ1v) is 7.40. The molecule has 0 spiro atoms. The first kappa shape index (κ1) is 15.6. The van der Waals surface area contributed by atoms with Crippen molar-refractivity contribution in [3.63, 3.8) is 0 Å². The Kier molecular flexibility index (Phi) is 5.07. The van der Waals surface area contributed by atoms with Crippen LogP contribution in [-0.2, 0) is 4.79 Å². The molecule has 1 heterocycles. The Hall–Kier alpha value is -1.75. The summed E-state index contributed by atoms with van der Waals surface area (Å²) in [6.45, 7) is 6.03. The fourth-order valence-corrected chi connectivity index (χ4v) is 2.31. The second-order valence-corrected chi connectivity index (χ2v) is 6.11. The molecular weight excluding hydrogens is 268 g/mol. The normalized spacial score (nSPS) is 13.9.